The van der Waals surface area contributed by atoms with Gasteiger partial charge in [-0.1, -0.05) is 30.0 Å². The maximum atomic E-state index is 9.01. The van der Waals surface area contributed by atoms with Crippen LogP contribution in [0, 0.1) is 23.2 Å². The van der Waals surface area contributed by atoms with E-state index in [-0.39, 0.29) is 6.61 Å². The van der Waals surface area contributed by atoms with E-state index in [9.17, 15) is 0 Å². The normalized spacial score (nSPS) is 9.33. The quantitative estimate of drug-likeness (QED) is 0.640. The summed E-state index contributed by atoms with van der Waals surface area (Å²) in [6.45, 7) is 0.283. The Kier molecular flexibility index (Phi) is 5.64. The molecule has 0 amide bonds. The molecule has 2 rings (SSSR count). The Balaban J connectivity index is 2.14. The van der Waals surface area contributed by atoms with Crippen molar-refractivity contribution < 1.29 is 4.74 Å². The van der Waals surface area contributed by atoms with Crippen LogP contribution in [-0.4, -0.2) is 10.9 Å². The molecule has 1 heterocycles. The van der Waals surface area contributed by atoms with E-state index in [0.29, 0.717) is 23.7 Å². The van der Waals surface area contributed by atoms with Gasteiger partial charge in [-0.2, -0.15) is 5.26 Å². The average molecular weight is 297 g/mol. The van der Waals surface area contributed by atoms with E-state index in [0.717, 1.165) is 11.1 Å². The predicted molar refractivity (Wildman–Crippen MR) is 81.9 cm³/mol. The van der Waals surface area contributed by atoms with E-state index in [2.05, 4.69) is 22.9 Å². The molecule has 0 spiro atoms. The summed E-state index contributed by atoms with van der Waals surface area (Å²) < 4.78 is 5.77. The smallest absolute Gasteiger partial charge is 0.147 e. The lowest BCUT2D eigenvalue weighted by Gasteiger charge is -2.08. The Bertz CT molecular complexity index is 710. The number of hydrogen-bond acceptors (Lipinski definition) is 3. The number of halogens is 1. The number of benzene rings is 1. The van der Waals surface area contributed by atoms with Crippen LogP contribution in [0.4, 0.5) is 0 Å². The van der Waals surface area contributed by atoms with Gasteiger partial charge in [0.05, 0.1) is 5.56 Å². The summed E-state index contributed by atoms with van der Waals surface area (Å²) >= 11 is 5.61. The maximum absolute atomic E-state index is 9.01. The first-order valence-corrected chi connectivity index (χ1v) is 6.99. The molecule has 1 aromatic carbocycles. The molecule has 2 aromatic rings. The number of hydrogen-bond donors (Lipinski definition) is 0. The number of ether oxygens (including phenoxy) is 1. The van der Waals surface area contributed by atoms with Crippen LogP contribution in [0.3, 0.4) is 0 Å². The van der Waals surface area contributed by atoms with Gasteiger partial charge in [0.2, 0.25) is 0 Å². The molecule has 104 valence electrons. The highest BCUT2D eigenvalue weighted by molar-refractivity contribution is 6.18. The second-order valence-electron chi connectivity index (χ2n) is 4.15. The van der Waals surface area contributed by atoms with Crippen molar-refractivity contribution in [1.29, 1.82) is 5.26 Å². The second kappa shape index (κ2) is 7.94. The van der Waals surface area contributed by atoms with Gasteiger partial charge >= 0.3 is 0 Å². The zero-order chi connectivity index (χ0) is 14.9. The lowest BCUT2D eigenvalue weighted by atomic mass is 10.2. The van der Waals surface area contributed by atoms with Gasteiger partial charge in [0.25, 0.3) is 0 Å². The summed E-state index contributed by atoms with van der Waals surface area (Å²) in [6.07, 6.45) is 2.23. The molecule has 0 saturated carbocycles. The van der Waals surface area contributed by atoms with Gasteiger partial charge < -0.3 is 4.74 Å². The summed E-state index contributed by atoms with van der Waals surface area (Å²) in [5.41, 5.74) is 1.94. The molecule has 3 nitrogen and oxygen atoms in total. The Morgan fingerprint density at radius 2 is 2.05 bits per heavy atom. The van der Waals surface area contributed by atoms with Gasteiger partial charge in [-0.15, -0.1) is 11.6 Å². The number of alkyl halides is 1. The van der Waals surface area contributed by atoms with Gasteiger partial charge in [-0.05, 0) is 18.2 Å². The topological polar surface area (TPSA) is 45.9 Å². The molecule has 0 N–H and O–H groups in total. The SMILES string of the molecule is N#Cc1ncccc1COc1ccccc1C#CCCCl. The number of aromatic nitrogens is 1. The van der Waals surface area contributed by atoms with E-state index in [4.69, 9.17) is 21.6 Å². The standard InChI is InChI=1S/C17H13ClN2O/c18-10-4-3-7-14-6-1-2-9-17(14)21-13-15-8-5-11-20-16(15)12-19/h1-2,5-6,8-9,11H,4,10,13H2. The molecule has 21 heavy (non-hydrogen) atoms. The zero-order valence-corrected chi connectivity index (χ0v) is 12.1. The molecule has 0 aliphatic rings. The van der Waals surface area contributed by atoms with Crippen molar-refractivity contribution in [1.82, 2.24) is 4.98 Å². The van der Waals surface area contributed by atoms with Crippen molar-refractivity contribution in [2.24, 2.45) is 0 Å². The van der Waals surface area contributed by atoms with Crippen molar-refractivity contribution in [3.63, 3.8) is 0 Å². The van der Waals surface area contributed by atoms with Crippen LogP contribution in [0.5, 0.6) is 5.75 Å². The van der Waals surface area contributed by atoms with Gasteiger partial charge in [0.15, 0.2) is 0 Å². The van der Waals surface area contributed by atoms with Crippen molar-refractivity contribution in [2.75, 3.05) is 5.88 Å². The first-order chi connectivity index (χ1) is 10.3. The summed E-state index contributed by atoms with van der Waals surface area (Å²) in [4.78, 5) is 4.01. The van der Waals surface area contributed by atoms with Crippen LogP contribution in [0.2, 0.25) is 0 Å². The fourth-order valence-corrected chi connectivity index (χ4v) is 1.81. The lowest BCUT2D eigenvalue weighted by molar-refractivity contribution is 0.304. The summed E-state index contributed by atoms with van der Waals surface area (Å²) in [5, 5.41) is 9.01. The highest BCUT2D eigenvalue weighted by atomic mass is 35.5. The van der Waals surface area contributed by atoms with Gasteiger partial charge in [-0.25, -0.2) is 4.98 Å². The van der Waals surface area contributed by atoms with Crippen molar-refractivity contribution in [2.45, 2.75) is 13.0 Å². The molecular formula is C17H13ClN2O. The largest absolute Gasteiger partial charge is 0.487 e. The van der Waals surface area contributed by atoms with Crippen LogP contribution < -0.4 is 4.74 Å². The molecular weight excluding hydrogens is 284 g/mol. The lowest BCUT2D eigenvalue weighted by Crippen LogP contribution is -2.00. The van der Waals surface area contributed by atoms with Gasteiger partial charge in [0.1, 0.15) is 24.1 Å². The minimum Gasteiger partial charge on any atom is -0.487 e. The summed E-state index contributed by atoms with van der Waals surface area (Å²) in [7, 11) is 0. The number of para-hydroxylation sites is 1. The minimum atomic E-state index is 0.283. The van der Waals surface area contributed by atoms with E-state index in [1.807, 2.05) is 30.3 Å². The van der Waals surface area contributed by atoms with Gasteiger partial charge in [0, 0.05) is 24.1 Å². The van der Waals surface area contributed by atoms with Crippen LogP contribution in [0.25, 0.3) is 0 Å². The van der Waals surface area contributed by atoms with Crippen molar-refractivity contribution >= 4 is 11.6 Å². The third-order valence-electron chi connectivity index (χ3n) is 2.71. The first kappa shape index (κ1) is 14.9. The Labute approximate surface area is 129 Å². The van der Waals surface area contributed by atoms with E-state index < -0.39 is 0 Å². The van der Waals surface area contributed by atoms with E-state index in [1.54, 1.807) is 12.3 Å². The third kappa shape index (κ3) is 4.24. The van der Waals surface area contributed by atoms with Crippen molar-refractivity contribution in [3.8, 4) is 23.7 Å². The number of pyridine rings is 1. The van der Waals surface area contributed by atoms with E-state index >= 15 is 0 Å². The first-order valence-electron chi connectivity index (χ1n) is 6.46. The average Bonchev–Trinajstić information content (AvgIpc) is 2.54. The Hall–Kier alpha value is -2.49. The van der Waals surface area contributed by atoms with Gasteiger partial charge in [-0.3, -0.25) is 0 Å². The molecule has 0 unspecified atom stereocenters. The molecule has 0 aliphatic heterocycles. The maximum Gasteiger partial charge on any atom is 0.147 e. The summed E-state index contributed by atoms with van der Waals surface area (Å²) in [6, 6.07) is 13.2. The minimum absolute atomic E-state index is 0.283. The molecule has 0 radical (unpaired) electrons. The van der Waals surface area contributed by atoms with Crippen molar-refractivity contribution in [3.05, 3.63) is 59.4 Å². The second-order valence-corrected chi connectivity index (χ2v) is 4.53. The predicted octanol–water partition coefficient (Wildman–Crippen LogP) is 3.51. The monoisotopic (exact) mass is 296 g/mol. The number of nitrogens with zero attached hydrogens (tertiary/aromatic N) is 2. The summed E-state index contributed by atoms with van der Waals surface area (Å²) in [5.74, 6) is 7.22. The van der Waals surface area contributed by atoms with Crippen LogP contribution >= 0.6 is 11.6 Å². The molecule has 4 heteroatoms. The number of nitriles is 1. The zero-order valence-electron chi connectivity index (χ0n) is 11.3. The highest BCUT2D eigenvalue weighted by Gasteiger charge is 2.05. The van der Waals surface area contributed by atoms with Crippen LogP contribution in [-0.2, 0) is 6.61 Å². The third-order valence-corrected chi connectivity index (χ3v) is 2.90. The van der Waals surface area contributed by atoms with Crippen LogP contribution in [0.1, 0.15) is 23.2 Å². The molecule has 0 saturated heterocycles. The Morgan fingerprint density at radius 1 is 1.19 bits per heavy atom. The molecule has 0 atom stereocenters. The highest BCUT2D eigenvalue weighted by Crippen LogP contribution is 2.19. The fourth-order valence-electron chi connectivity index (χ4n) is 1.71. The molecule has 0 aliphatic carbocycles. The molecule has 0 bridgehead atoms. The molecule has 1 aromatic heterocycles. The Morgan fingerprint density at radius 3 is 2.86 bits per heavy atom. The number of rotatable bonds is 4. The van der Waals surface area contributed by atoms with E-state index in [1.165, 1.54) is 0 Å². The fraction of sp³-hybridized carbons (Fsp3) is 0.176. The molecule has 0 fully saturated rings. The van der Waals surface area contributed by atoms with Crippen LogP contribution in [0.15, 0.2) is 42.6 Å².